The van der Waals surface area contributed by atoms with Crippen LogP contribution in [-0.2, 0) is 13.2 Å². The summed E-state index contributed by atoms with van der Waals surface area (Å²) in [5.74, 6) is 2.17. The summed E-state index contributed by atoms with van der Waals surface area (Å²) in [5, 5.41) is 9.86. The summed E-state index contributed by atoms with van der Waals surface area (Å²) in [6, 6.07) is 22.0. The van der Waals surface area contributed by atoms with E-state index in [4.69, 9.17) is 14.2 Å². The quantitative estimate of drug-likeness (QED) is 0.441. The van der Waals surface area contributed by atoms with Gasteiger partial charge in [0.2, 0.25) is 0 Å². The molecule has 1 heterocycles. The summed E-state index contributed by atoms with van der Waals surface area (Å²) in [4.78, 5) is 2.44. The largest absolute Gasteiger partial charge is 0.496 e. The first-order chi connectivity index (χ1) is 16.2. The third-order valence-corrected chi connectivity index (χ3v) is 6.15. The number of nitrogens with zero attached hydrogens (tertiary/aromatic N) is 2. The van der Waals surface area contributed by atoms with Crippen molar-refractivity contribution in [1.29, 1.82) is 5.26 Å². The molecule has 1 aliphatic heterocycles. The SMILES string of the molecule is COc1cc(OCc2cccc(-c3ccccc3)c2C#N)cc(OC)c1CN1CCCCC1. The zero-order valence-electron chi connectivity index (χ0n) is 19.3. The van der Waals surface area contributed by atoms with Gasteiger partial charge in [0.1, 0.15) is 29.9 Å². The molecule has 33 heavy (non-hydrogen) atoms. The Morgan fingerprint density at radius 3 is 2.21 bits per heavy atom. The standard InChI is InChI=1S/C28H30N2O3/c1-31-27-16-23(17-28(32-2)26(27)19-30-14-7-4-8-15-30)33-20-22-12-9-13-24(25(22)18-29)21-10-5-3-6-11-21/h3,5-6,9-13,16-17H,4,7-8,14-15,19-20H2,1-2H3. The van der Waals surface area contributed by atoms with Crippen molar-refractivity contribution in [2.24, 2.45) is 0 Å². The first-order valence-corrected chi connectivity index (χ1v) is 11.4. The zero-order chi connectivity index (χ0) is 23.0. The fourth-order valence-electron chi connectivity index (χ4n) is 4.41. The number of nitriles is 1. The Balaban J connectivity index is 1.57. The highest BCUT2D eigenvalue weighted by Gasteiger charge is 2.19. The second kappa shape index (κ2) is 10.9. The van der Waals surface area contributed by atoms with E-state index < -0.39 is 0 Å². The molecule has 0 unspecified atom stereocenters. The minimum absolute atomic E-state index is 0.279. The molecule has 0 radical (unpaired) electrons. The number of likely N-dealkylation sites (tertiary alicyclic amines) is 1. The van der Waals surface area contributed by atoms with Gasteiger partial charge in [0.15, 0.2) is 0 Å². The third-order valence-electron chi connectivity index (χ3n) is 6.15. The van der Waals surface area contributed by atoms with Crippen molar-refractivity contribution >= 4 is 0 Å². The van der Waals surface area contributed by atoms with Crippen LogP contribution in [0.1, 0.15) is 36.0 Å². The molecule has 5 heteroatoms. The van der Waals surface area contributed by atoms with Gasteiger partial charge in [0, 0.05) is 24.2 Å². The molecular weight excluding hydrogens is 412 g/mol. The number of hydrogen-bond donors (Lipinski definition) is 0. The minimum Gasteiger partial charge on any atom is -0.496 e. The van der Waals surface area contributed by atoms with Crippen LogP contribution in [0.15, 0.2) is 60.7 Å². The molecule has 1 saturated heterocycles. The Labute approximate surface area is 196 Å². The van der Waals surface area contributed by atoms with Crippen molar-refractivity contribution in [1.82, 2.24) is 4.90 Å². The van der Waals surface area contributed by atoms with E-state index in [2.05, 4.69) is 11.0 Å². The van der Waals surface area contributed by atoms with Crippen LogP contribution in [0.2, 0.25) is 0 Å². The van der Waals surface area contributed by atoms with Crippen LogP contribution >= 0.6 is 0 Å². The summed E-state index contributed by atoms with van der Waals surface area (Å²) >= 11 is 0. The van der Waals surface area contributed by atoms with Crippen molar-refractivity contribution in [2.75, 3.05) is 27.3 Å². The van der Waals surface area contributed by atoms with Crippen LogP contribution in [-0.4, -0.2) is 32.2 Å². The molecule has 1 aliphatic rings. The van der Waals surface area contributed by atoms with Crippen LogP contribution in [0.4, 0.5) is 0 Å². The van der Waals surface area contributed by atoms with Gasteiger partial charge in [-0.05, 0) is 37.1 Å². The molecule has 5 nitrogen and oxygen atoms in total. The summed E-state index contributed by atoms with van der Waals surface area (Å²) in [6.07, 6.45) is 3.76. The Morgan fingerprint density at radius 2 is 1.58 bits per heavy atom. The first-order valence-electron chi connectivity index (χ1n) is 11.4. The van der Waals surface area contributed by atoms with E-state index in [1.54, 1.807) is 14.2 Å². The van der Waals surface area contributed by atoms with Crippen molar-refractivity contribution in [2.45, 2.75) is 32.4 Å². The lowest BCUT2D eigenvalue weighted by atomic mass is 9.96. The molecule has 0 bridgehead atoms. The molecular formula is C28H30N2O3. The van der Waals surface area contributed by atoms with Crippen LogP contribution in [0.5, 0.6) is 17.2 Å². The lowest BCUT2D eigenvalue weighted by Crippen LogP contribution is -2.29. The smallest absolute Gasteiger partial charge is 0.130 e. The molecule has 3 aromatic carbocycles. The highest BCUT2D eigenvalue weighted by Crippen LogP contribution is 2.36. The molecule has 0 atom stereocenters. The Hall–Kier alpha value is -3.49. The molecule has 0 spiro atoms. The molecule has 170 valence electrons. The highest BCUT2D eigenvalue weighted by molar-refractivity contribution is 5.72. The van der Waals surface area contributed by atoms with Gasteiger partial charge in [-0.15, -0.1) is 0 Å². The maximum Gasteiger partial charge on any atom is 0.130 e. The second-order valence-corrected chi connectivity index (χ2v) is 8.25. The van der Waals surface area contributed by atoms with E-state index in [0.29, 0.717) is 11.3 Å². The van der Waals surface area contributed by atoms with Crippen LogP contribution in [0, 0.1) is 11.3 Å². The van der Waals surface area contributed by atoms with E-state index in [0.717, 1.165) is 53.4 Å². The second-order valence-electron chi connectivity index (χ2n) is 8.25. The summed E-state index contributed by atoms with van der Waals surface area (Å²) in [7, 11) is 3.35. The number of ether oxygens (including phenoxy) is 3. The van der Waals surface area contributed by atoms with Crippen molar-refractivity contribution < 1.29 is 14.2 Å². The van der Waals surface area contributed by atoms with Gasteiger partial charge in [-0.1, -0.05) is 55.0 Å². The van der Waals surface area contributed by atoms with Gasteiger partial charge in [-0.2, -0.15) is 5.26 Å². The summed E-state index contributed by atoms with van der Waals surface area (Å²) < 4.78 is 17.5. The predicted octanol–water partition coefficient (Wildman–Crippen LogP) is 5.81. The third kappa shape index (κ3) is 5.30. The van der Waals surface area contributed by atoms with Gasteiger partial charge in [-0.3, -0.25) is 4.90 Å². The molecule has 3 aromatic rings. The number of piperidine rings is 1. The molecule has 1 fully saturated rings. The fourth-order valence-corrected chi connectivity index (χ4v) is 4.41. The van der Waals surface area contributed by atoms with Gasteiger partial charge in [-0.25, -0.2) is 0 Å². The molecule has 4 rings (SSSR count). The maximum absolute atomic E-state index is 9.86. The fraction of sp³-hybridized carbons (Fsp3) is 0.321. The number of rotatable bonds is 8. The number of benzene rings is 3. The van der Waals surface area contributed by atoms with Gasteiger partial charge in [0.05, 0.1) is 25.3 Å². The van der Waals surface area contributed by atoms with E-state index in [-0.39, 0.29) is 6.61 Å². The van der Waals surface area contributed by atoms with Crippen molar-refractivity contribution in [3.63, 3.8) is 0 Å². The van der Waals surface area contributed by atoms with E-state index >= 15 is 0 Å². The number of hydrogen-bond acceptors (Lipinski definition) is 5. The molecule has 0 aliphatic carbocycles. The molecule has 0 aromatic heterocycles. The van der Waals surface area contributed by atoms with Crippen molar-refractivity contribution in [3.8, 4) is 34.4 Å². The maximum atomic E-state index is 9.86. The lowest BCUT2D eigenvalue weighted by molar-refractivity contribution is 0.214. The average molecular weight is 443 g/mol. The van der Waals surface area contributed by atoms with Crippen LogP contribution < -0.4 is 14.2 Å². The number of methoxy groups -OCH3 is 2. The van der Waals surface area contributed by atoms with Gasteiger partial charge >= 0.3 is 0 Å². The Kier molecular flexibility index (Phi) is 7.49. The van der Waals surface area contributed by atoms with Crippen LogP contribution in [0.25, 0.3) is 11.1 Å². The Bertz CT molecular complexity index is 1090. The highest BCUT2D eigenvalue weighted by atomic mass is 16.5. The first kappa shape index (κ1) is 22.7. The topological polar surface area (TPSA) is 54.7 Å². The van der Waals surface area contributed by atoms with E-state index in [1.807, 2.05) is 60.7 Å². The predicted molar refractivity (Wildman–Crippen MR) is 130 cm³/mol. The van der Waals surface area contributed by atoms with E-state index in [9.17, 15) is 5.26 Å². The lowest BCUT2D eigenvalue weighted by Gasteiger charge is -2.28. The molecule has 0 saturated carbocycles. The van der Waals surface area contributed by atoms with Crippen LogP contribution in [0.3, 0.4) is 0 Å². The normalized spacial score (nSPS) is 13.8. The zero-order valence-corrected chi connectivity index (χ0v) is 19.3. The monoisotopic (exact) mass is 442 g/mol. The average Bonchev–Trinajstić information content (AvgIpc) is 2.88. The van der Waals surface area contributed by atoms with Crippen molar-refractivity contribution in [3.05, 3.63) is 77.4 Å². The van der Waals surface area contributed by atoms with Gasteiger partial charge < -0.3 is 14.2 Å². The summed E-state index contributed by atoms with van der Waals surface area (Å²) in [6.45, 7) is 3.27. The van der Waals surface area contributed by atoms with E-state index in [1.165, 1.54) is 19.3 Å². The molecule has 0 N–H and O–H groups in total. The molecule has 0 amide bonds. The van der Waals surface area contributed by atoms with Gasteiger partial charge in [0.25, 0.3) is 0 Å². The Morgan fingerprint density at radius 1 is 0.879 bits per heavy atom. The summed E-state index contributed by atoms with van der Waals surface area (Å²) in [5.41, 5.74) is 4.43. The minimum atomic E-state index is 0.279.